The maximum atomic E-state index is 12.6. The van der Waals surface area contributed by atoms with Gasteiger partial charge in [-0.1, -0.05) is 42.1 Å². The molecule has 9 heteroatoms. The van der Waals surface area contributed by atoms with Gasteiger partial charge >= 0.3 is 0 Å². The van der Waals surface area contributed by atoms with E-state index in [4.69, 9.17) is 9.15 Å². The molecule has 2 amide bonds. The number of rotatable bonds is 8. The van der Waals surface area contributed by atoms with Crippen LogP contribution in [0.4, 0.5) is 11.4 Å². The highest BCUT2D eigenvalue weighted by Gasteiger charge is 2.19. The maximum Gasteiger partial charge on any atom is 0.277 e. The van der Waals surface area contributed by atoms with Crippen LogP contribution < -0.4 is 15.4 Å². The average Bonchev–Trinajstić information content (AvgIpc) is 3.33. The summed E-state index contributed by atoms with van der Waals surface area (Å²) >= 11 is 1.17. The van der Waals surface area contributed by atoms with Crippen molar-refractivity contribution in [1.82, 2.24) is 10.2 Å². The Morgan fingerprint density at radius 1 is 0.912 bits per heavy atom. The van der Waals surface area contributed by atoms with Crippen molar-refractivity contribution in [3.63, 3.8) is 0 Å². The van der Waals surface area contributed by atoms with Crippen LogP contribution >= 0.6 is 11.8 Å². The number of hydrogen-bond acceptors (Lipinski definition) is 7. The Morgan fingerprint density at radius 3 is 2.35 bits per heavy atom. The zero-order valence-electron chi connectivity index (χ0n) is 18.5. The second-order valence-corrected chi connectivity index (χ2v) is 8.51. The van der Waals surface area contributed by atoms with Crippen molar-refractivity contribution >= 4 is 35.0 Å². The Balaban J connectivity index is 1.33. The van der Waals surface area contributed by atoms with Gasteiger partial charge in [0.2, 0.25) is 11.8 Å². The molecule has 0 aliphatic rings. The lowest BCUT2D eigenvalue weighted by molar-refractivity contribution is -0.115. The summed E-state index contributed by atoms with van der Waals surface area (Å²) in [7, 11) is 1.54. The van der Waals surface area contributed by atoms with Gasteiger partial charge in [-0.25, -0.2) is 0 Å². The molecule has 4 rings (SSSR count). The van der Waals surface area contributed by atoms with E-state index in [0.717, 1.165) is 5.56 Å². The zero-order valence-corrected chi connectivity index (χ0v) is 19.3. The number of carbonyl (C=O) groups is 2. The molecule has 8 nitrogen and oxygen atoms in total. The summed E-state index contributed by atoms with van der Waals surface area (Å²) in [5, 5.41) is 13.5. The maximum absolute atomic E-state index is 12.6. The van der Waals surface area contributed by atoms with Gasteiger partial charge in [-0.15, -0.1) is 10.2 Å². The van der Waals surface area contributed by atoms with Gasteiger partial charge in [0, 0.05) is 16.8 Å². The largest absolute Gasteiger partial charge is 0.495 e. The Labute approximate surface area is 200 Å². The Kier molecular flexibility index (Phi) is 7.24. The fraction of sp³-hybridized carbons (Fsp3) is 0.120. The standard InChI is InChI=1S/C25H22N4O4S/c1-16(34-25-29-28-24(33-25)18-8-4-3-5-9-18)22(30)26-19-14-12-17(13-15-19)23(31)27-20-10-6-7-11-21(20)32-2/h3-16H,1-2H3,(H,26,30)(H,27,31). The topological polar surface area (TPSA) is 106 Å². The van der Waals surface area contributed by atoms with Gasteiger partial charge in [0.05, 0.1) is 18.0 Å². The number of aromatic nitrogens is 2. The highest BCUT2D eigenvalue weighted by molar-refractivity contribution is 8.00. The first-order valence-corrected chi connectivity index (χ1v) is 11.3. The molecule has 34 heavy (non-hydrogen) atoms. The molecule has 3 aromatic carbocycles. The summed E-state index contributed by atoms with van der Waals surface area (Å²) in [6.45, 7) is 1.75. The molecule has 0 radical (unpaired) electrons. The van der Waals surface area contributed by atoms with Crippen molar-refractivity contribution in [2.24, 2.45) is 0 Å². The number of methoxy groups -OCH3 is 1. The van der Waals surface area contributed by atoms with E-state index < -0.39 is 5.25 Å². The second kappa shape index (κ2) is 10.7. The molecule has 1 aromatic heterocycles. The molecule has 172 valence electrons. The van der Waals surface area contributed by atoms with Gasteiger partial charge in [-0.05, 0) is 55.5 Å². The van der Waals surface area contributed by atoms with Gasteiger partial charge < -0.3 is 19.8 Å². The fourth-order valence-corrected chi connectivity index (χ4v) is 3.73. The van der Waals surface area contributed by atoms with Crippen LogP contribution in [0.1, 0.15) is 17.3 Å². The molecule has 2 N–H and O–H groups in total. The molecular formula is C25H22N4O4S. The molecular weight excluding hydrogens is 452 g/mol. The first-order valence-electron chi connectivity index (χ1n) is 10.4. The van der Waals surface area contributed by atoms with E-state index in [1.165, 1.54) is 11.8 Å². The molecule has 0 aliphatic heterocycles. The Morgan fingerprint density at radius 2 is 1.62 bits per heavy atom. The lowest BCUT2D eigenvalue weighted by atomic mass is 10.2. The minimum absolute atomic E-state index is 0.226. The number of nitrogens with zero attached hydrogens (tertiary/aromatic N) is 2. The second-order valence-electron chi connectivity index (χ2n) is 7.22. The zero-order chi connectivity index (χ0) is 23.9. The molecule has 4 aromatic rings. The van der Waals surface area contributed by atoms with Crippen LogP contribution in [0.2, 0.25) is 0 Å². The number of anilines is 2. The highest BCUT2D eigenvalue weighted by Crippen LogP contribution is 2.27. The minimum atomic E-state index is -0.474. The van der Waals surface area contributed by atoms with Gasteiger partial charge in [-0.3, -0.25) is 9.59 Å². The molecule has 0 saturated heterocycles. The number of hydrogen-bond donors (Lipinski definition) is 2. The van der Waals surface area contributed by atoms with Crippen molar-refractivity contribution in [2.45, 2.75) is 17.4 Å². The summed E-state index contributed by atoms with van der Waals surface area (Å²) in [4.78, 5) is 25.2. The van der Waals surface area contributed by atoms with Gasteiger partial charge in [-0.2, -0.15) is 0 Å². The first-order chi connectivity index (χ1) is 16.5. The van der Waals surface area contributed by atoms with Crippen LogP contribution in [0.15, 0.2) is 88.5 Å². The van der Waals surface area contributed by atoms with Crippen LogP contribution in [0, 0.1) is 0 Å². The molecule has 1 atom stereocenters. The van der Waals surface area contributed by atoms with Gasteiger partial charge in [0.1, 0.15) is 5.75 Å². The smallest absolute Gasteiger partial charge is 0.277 e. The molecule has 1 unspecified atom stereocenters. The van der Waals surface area contributed by atoms with E-state index in [-0.39, 0.29) is 11.8 Å². The van der Waals surface area contributed by atoms with Crippen LogP contribution in [-0.2, 0) is 4.79 Å². The van der Waals surface area contributed by atoms with Crippen LogP contribution in [0.3, 0.4) is 0 Å². The Hall–Kier alpha value is -4.11. The quantitative estimate of drug-likeness (QED) is 0.342. The molecule has 0 spiro atoms. The summed E-state index contributed by atoms with van der Waals surface area (Å²) in [6.07, 6.45) is 0. The monoisotopic (exact) mass is 474 g/mol. The third kappa shape index (κ3) is 5.62. The van der Waals surface area contributed by atoms with Crippen molar-refractivity contribution in [3.8, 4) is 17.2 Å². The predicted molar refractivity (Wildman–Crippen MR) is 131 cm³/mol. The lowest BCUT2D eigenvalue weighted by Gasteiger charge is -2.11. The van der Waals surface area contributed by atoms with E-state index in [1.54, 1.807) is 50.4 Å². The number of benzene rings is 3. The van der Waals surface area contributed by atoms with Gasteiger partial charge in [0.25, 0.3) is 11.1 Å². The fourth-order valence-electron chi connectivity index (χ4n) is 3.05. The molecule has 0 fully saturated rings. The first kappa shape index (κ1) is 23.1. The van der Waals surface area contributed by atoms with Crippen molar-refractivity contribution in [1.29, 1.82) is 0 Å². The van der Waals surface area contributed by atoms with E-state index in [0.29, 0.717) is 33.8 Å². The minimum Gasteiger partial charge on any atom is -0.495 e. The number of amides is 2. The summed E-state index contributed by atoms with van der Waals surface area (Å²) < 4.78 is 10.9. The van der Waals surface area contributed by atoms with Crippen LogP contribution in [-0.4, -0.2) is 34.4 Å². The molecule has 0 aliphatic carbocycles. The lowest BCUT2D eigenvalue weighted by Crippen LogP contribution is -2.22. The average molecular weight is 475 g/mol. The van der Waals surface area contributed by atoms with Crippen LogP contribution in [0.5, 0.6) is 5.75 Å². The Bertz CT molecular complexity index is 1280. The number of para-hydroxylation sites is 2. The summed E-state index contributed by atoms with van der Waals surface area (Å²) in [6, 6.07) is 23.2. The van der Waals surface area contributed by atoms with E-state index >= 15 is 0 Å². The SMILES string of the molecule is COc1ccccc1NC(=O)c1ccc(NC(=O)C(C)Sc2nnc(-c3ccccc3)o2)cc1. The van der Waals surface area contributed by atoms with E-state index in [9.17, 15) is 9.59 Å². The number of thioether (sulfide) groups is 1. The third-order valence-corrected chi connectivity index (χ3v) is 5.78. The third-order valence-electron chi connectivity index (χ3n) is 4.84. The number of carbonyl (C=O) groups excluding carboxylic acids is 2. The van der Waals surface area contributed by atoms with Crippen molar-refractivity contribution in [2.75, 3.05) is 17.7 Å². The number of nitrogens with one attached hydrogen (secondary N) is 2. The number of ether oxygens (including phenoxy) is 1. The normalized spacial score (nSPS) is 11.5. The van der Waals surface area contributed by atoms with E-state index in [2.05, 4.69) is 20.8 Å². The van der Waals surface area contributed by atoms with E-state index in [1.807, 2.05) is 42.5 Å². The van der Waals surface area contributed by atoms with Gasteiger partial charge in [0.15, 0.2) is 0 Å². The predicted octanol–water partition coefficient (Wildman–Crippen LogP) is 5.12. The molecule has 0 saturated carbocycles. The summed E-state index contributed by atoms with van der Waals surface area (Å²) in [5.41, 5.74) is 2.41. The van der Waals surface area contributed by atoms with Crippen LogP contribution in [0.25, 0.3) is 11.5 Å². The van der Waals surface area contributed by atoms with Crippen molar-refractivity contribution in [3.05, 3.63) is 84.4 Å². The highest BCUT2D eigenvalue weighted by atomic mass is 32.2. The summed E-state index contributed by atoms with van der Waals surface area (Å²) in [5.74, 6) is 0.466. The molecule has 1 heterocycles. The van der Waals surface area contributed by atoms with Crippen molar-refractivity contribution < 1.29 is 18.7 Å². The molecule has 0 bridgehead atoms.